The van der Waals surface area contributed by atoms with Crippen molar-refractivity contribution >= 4 is 18.2 Å². The van der Waals surface area contributed by atoms with Crippen LogP contribution in [0.1, 0.15) is 21.5 Å². The molecule has 142 valence electrons. The van der Waals surface area contributed by atoms with Gasteiger partial charge in [0, 0.05) is 18.0 Å². The fourth-order valence-corrected chi connectivity index (χ4v) is 2.73. The first-order valence-electron chi connectivity index (χ1n) is 7.81. The molecule has 0 saturated carbocycles. The quantitative estimate of drug-likeness (QED) is 0.745. The maximum Gasteiger partial charge on any atom is 0.416 e. The molecule has 0 unspecified atom stereocenters. The molecule has 2 aromatic carbocycles. The highest BCUT2D eigenvalue weighted by molar-refractivity contribution is 5.98. The Bertz CT molecular complexity index is 748. The lowest BCUT2D eigenvalue weighted by atomic mass is 9.90. The molecule has 1 N–H and O–H groups in total. The molecule has 0 aliphatic carbocycles. The summed E-state index contributed by atoms with van der Waals surface area (Å²) in [5.41, 5.74) is 0.0763. The molecule has 3 nitrogen and oxygen atoms in total. The highest BCUT2D eigenvalue weighted by atomic mass is 35.5. The van der Waals surface area contributed by atoms with Crippen LogP contribution < -0.4 is 0 Å². The number of Topliss-reactive ketones (excluding diaryl/α,β-unsaturated/α-hetero) is 1. The molecule has 0 radical (unpaired) electrons. The lowest BCUT2D eigenvalue weighted by Gasteiger charge is -2.21. The number of benzene rings is 2. The van der Waals surface area contributed by atoms with Crippen LogP contribution in [-0.2, 0) is 12.6 Å². The van der Waals surface area contributed by atoms with Crippen molar-refractivity contribution in [1.82, 2.24) is 4.90 Å². The van der Waals surface area contributed by atoms with E-state index in [9.17, 15) is 23.1 Å². The summed E-state index contributed by atoms with van der Waals surface area (Å²) in [4.78, 5) is 14.6. The van der Waals surface area contributed by atoms with Crippen molar-refractivity contribution in [3.8, 4) is 5.75 Å². The summed E-state index contributed by atoms with van der Waals surface area (Å²) in [5.74, 6) is -0.740. The van der Waals surface area contributed by atoms with Gasteiger partial charge >= 0.3 is 6.18 Å². The van der Waals surface area contributed by atoms with E-state index >= 15 is 0 Å². The molecule has 0 saturated heterocycles. The van der Waals surface area contributed by atoms with Crippen LogP contribution in [0.5, 0.6) is 5.75 Å². The first-order chi connectivity index (χ1) is 11.7. The van der Waals surface area contributed by atoms with Crippen molar-refractivity contribution in [1.29, 1.82) is 0 Å². The number of hydrogen-bond acceptors (Lipinski definition) is 3. The molecule has 1 atom stereocenters. The molecular formula is C19H21ClF3NO2. The summed E-state index contributed by atoms with van der Waals surface area (Å²) < 4.78 is 38.6. The van der Waals surface area contributed by atoms with Crippen LogP contribution in [0.4, 0.5) is 13.2 Å². The monoisotopic (exact) mass is 387 g/mol. The average molecular weight is 388 g/mol. The molecule has 26 heavy (non-hydrogen) atoms. The maximum absolute atomic E-state index is 12.9. The van der Waals surface area contributed by atoms with E-state index in [4.69, 9.17) is 0 Å². The van der Waals surface area contributed by atoms with Gasteiger partial charge in [-0.3, -0.25) is 4.79 Å². The van der Waals surface area contributed by atoms with Gasteiger partial charge in [-0.25, -0.2) is 0 Å². The zero-order valence-electron chi connectivity index (χ0n) is 14.5. The van der Waals surface area contributed by atoms with E-state index in [-0.39, 0.29) is 30.4 Å². The lowest BCUT2D eigenvalue weighted by Crippen LogP contribution is -2.29. The number of ketones is 1. The number of carbonyl (C=O) groups is 1. The van der Waals surface area contributed by atoms with E-state index in [1.54, 1.807) is 32.3 Å². The van der Waals surface area contributed by atoms with E-state index in [1.165, 1.54) is 18.2 Å². The zero-order chi connectivity index (χ0) is 18.6. The number of nitrogens with zero attached hydrogens (tertiary/aromatic N) is 1. The Kier molecular flexibility index (Phi) is 7.66. The third-order valence-corrected chi connectivity index (χ3v) is 3.82. The Labute approximate surface area is 156 Å². The molecule has 0 amide bonds. The van der Waals surface area contributed by atoms with Crippen LogP contribution in [0.3, 0.4) is 0 Å². The third-order valence-electron chi connectivity index (χ3n) is 3.82. The fraction of sp³-hybridized carbons (Fsp3) is 0.316. The second kappa shape index (κ2) is 9.05. The summed E-state index contributed by atoms with van der Waals surface area (Å²) in [7, 11) is 3.60. The van der Waals surface area contributed by atoms with Gasteiger partial charge in [-0.2, -0.15) is 13.2 Å². The summed E-state index contributed by atoms with van der Waals surface area (Å²) in [6.45, 7) is 0.394. The van der Waals surface area contributed by atoms with E-state index < -0.39 is 17.7 Å². The van der Waals surface area contributed by atoms with Gasteiger partial charge in [-0.05, 0) is 44.3 Å². The van der Waals surface area contributed by atoms with Crippen molar-refractivity contribution in [2.75, 3.05) is 20.6 Å². The van der Waals surface area contributed by atoms with Crippen molar-refractivity contribution in [2.24, 2.45) is 5.92 Å². The maximum atomic E-state index is 12.9. The van der Waals surface area contributed by atoms with Crippen LogP contribution in [0.15, 0.2) is 48.5 Å². The minimum absolute atomic E-state index is 0. The fourth-order valence-electron chi connectivity index (χ4n) is 2.73. The van der Waals surface area contributed by atoms with E-state index in [0.717, 1.165) is 12.1 Å². The van der Waals surface area contributed by atoms with Crippen molar-refractivity contribution in [3.05, 3.63) is 65.2 Å². The number of rotatable bonds is 6. The summed E-state index contributed by atoms with van der Waals surface area (Å²) in [6.07, 6.45) is -4.22. The highest BCUT2D eigenvalue weighted by Gasteiger charge is 2.31. The molecule has 0 fully saturated rings. The van der Waals surface area contributed by atoms with Crippen LogP contribution in [0.2, 0.25) is 0 Å². The number of aromatic hydroxyl groups is 1. The number of phenolic OH excluding ortho intramolecular Hbond substituents is 1. The number of carbonyl (C=O) groups excluding carboxylic acids is 1. The Morgan fingerprint density at radius 1 is 1.12 bits per heavy atom. The number of phenols is 1. The van der Waals surface area contributed by atoms with Crippen molar-refractivity contribution in [3.63, 3.8) is 0 Å². The normalized spacial score (nSPS) is 12.5. The van der Waals surface area contributed by atoms with Gasteiger partial charge in [0.15, 0.2) is 5.78 Å². The Morgan fingerprint density at radius 2 is 1.77 bits per heavy atom. The van der Waals surface area contributed by atoms with Crippen LogP contribution in [-0.4, -0.2) is 36.4 Å². The third kappa shape index (κ3) is 6.04. The topological polar surface area (TPSA) is 40.5 Å². The van der Waals surface area contributed by atoms with Crippen LogP contribution in [0.25, 0.3) is 0 Å². The predicted octanol–water partition coefficient (Wildman–Crippen LogP) is 4.44. The smallest absolute Gasteiger partial charge is 0.416 e. The molecule has 2 rings (SSSR count). The standard InChI is InChI=1S/C19H20F3NO2.ClH/c1-23(2)12-15(18(25)14-6-4-8-17(24)11-14)9-13-5-3-7-16(10-13)19(20,21)22;/h3-8,10-11,15,24H,9,12H2,1-2H3;1H/t15-;/m0./s1. The van der Waals surface area contributed by atoms with E-state index in [1.807, 2.05) is 4.90 Å². The van der Waals surface area contributed by atoms with Gasteiger partial charge in [0.1, 0.15) is 5.75 Å². The highest BCUT2D eigenvalue weighted by Crippen LogP contribution is 2.30. The first kappa shape index (κ1) is 22.0. The second-order valence-corrected chi connectivity index (χ2v) is 6.28. The van der Waals surface area contributed by atoms with Gasteiger partial charge in [0.05, 0.1) is 5.56 Å². The first-order valence-corrected chi connectivity index (χ1v) is 7.81. The molecule has 0 heterocycles. The Morgan fingerprint density at radius 3 is 2.35 bits per heavy atom. The molecule has 7 heteroatoms. The molecule has 0 aliphatic heterocycles. The Hall–Kier alpha value is -2.05. The average Bonchev–Trinajstić information content (AvgIpc) is 2.52. The molecule has 0 spiro atoms. The predicted molar refractivity (Wildman–Crippen MR) is 96.9 cm³/mol. The minimum atomic E-state index is -4.41. The van der Waals surface area contributed by atoms with Crippen LogP contribution >= 0.6 is 12.4 Å². The lowest BCUT2D eigenvalue weighted by molar-refractivity contribution is -0.137. The summed E-state index contributed by atoms with van der Waals surface area (Å²) in [5, 5.41) is 9.55. The van der Waals surface area contributed by atoms with Crippen LogP contribution in [0, 0.1) is 5.92 Å². The second-order valence-electron chi connectivity index (χ2n) is 6.28. The minimum Gasteiger partial charge on any atom is -0.508 e. The summed E-state index contributed by atoms with van der Waals surface area (Å²) in [6, 6.07) is 11.0. The SMILES string of the molecule is CN(C)C[C@H](Cc1cccc(C(F)(F)F)c1)C(=O)c1cccc(O)c1.Cl. The summed E-state index contributed by atoms with van der Waals surface area (Å²) >= 11 is 0. The Balaban J connectivity index is 0.00000338. The molecule has 0 aliphatic rings. The molecule has 2 aromatic rings. The number of alkyl halides is 3. The molecular weight excluding hydrogens is 367 g/mol. The number of hydrogen-bond donors (Lipinski definition) is 1. The molecule has 0 aromatic heterocycles. The van der Waals surface area contributed by atoms with Gasteiger partial charge < -0.3 is 10.0 Å². The number of halogens is 4. The van der Waals surface area contributed by atoms with Gasteiger partial charge in [0.25, 0.3) is 0 Å². The molecule has 0 bridgehead atoms. The van der Waals surface area contributed by atoms with Gasteiger partial charge in [-0.1, -0.05) is 30.3 Å². The van der Waals surface area contributed by atoms with Gasteiger partial charge in [0.2, 0.25) is 0 Å². The van der Waals surface area contributed by atoms with E-state index in [0.29, 0.717) is 17.7 Å². The van der Waals surface area contributed by atoms with Crippen molar-refractivity contribution in [2.45, 2.75) is 12.6 Å². The van der Waals surface area contributed by atoms with E-state index in [2.05, 4.69) is 0 Å². The zero-order valence-corrected chi connectivity index (χ0v) is 15.3. The largest absolute Gasteiger partial charge is 0.508 e. The van der Waals surface area contributed by atoms with Crippen molar-refractivity contribution < 1.29 is 23.1 Å². The van der Waals surface area contributed by atoms with Gasteiger partial charge in [-0.15, -0.1) is 12.4 Å².